The van der Waals surface area contributed by atoms with E-state index in [-0.39, 0.29) is 18.2 Å². The molecule has 6 rings (SSSR count). The highest BCUT2D eigenvalue weighted by atomic mass is 28.3. The summed E-state index contributed by atoms with van der Waals surface area (Å²) in [4.78, 5) is 14.8. The number of benzene rings is 2. The Labute approximate surface area is 256 Å². The summed E-state index contributed by atoms with van der Waals surface area (Å²) in [5.41, 5.74) is 6.30. The van der Waals surface area contributed by atoms with E-state index in [0.29, 0.717) is 19.4 Å². The zero-order chi connectivity index (χ0) is 30.4. The quantitative estimate of drug-likeness (QED) is 0.210. The minimum absolute atomic E-state index is 0.168. The van der Waals surface area contributed by atoms with Crippen LogP contribution in [0, 0.1) is 0 Å². The van der Waals surface area contributed by atoms with Crippen molar-refractivity contribution in [1.29, 1.82) is 0 Å². The third-order valence-corrected chi connectivity index (χ3v) is 10.4. The van der Waals surface area contributed by atoms with E-state index in [1.165, 1.54) is 11.1 Å². The van der Waals surface area contributed by atoms with Gasteiger partial charge < -0.3 is 24.4 Å². The van der Waals surface area contributed by atoms with Crippen molar-refractivity contribution in [3.8, 4) is 28.0 Å². The zero-order valence-electron chi connectivity index (χ0n) is 26.5. The van der Waals surface area contributed by atoms with Crippen LogP contribution in [0.2, 0.25) is 25.7 Å². The van der Waals surface area contributed by atoms with Gasteiger partial charge in [0, 0.05) is 61.9 Å². The first-order valence-electron chi connectivity index (χ1n) is 15.7. The Morgan fingerprint density at radius 1 is 1.05 bits per heavy atom. The van der Waals surface area contributed by atoms with Crippen LogP contribution in [0.4, 0.5) is 10.5 Å². The molecule has 3 aliphatic rings. The summed E-state index contributed by atoms with van der Waals surface area (Å²) in [5.74, 6) is 0.905. The van der Waals surface area contributed by atoms with E-state index in [1.807, 2.05) is 36.5 Å². The number of nitrogens with zero attached hydrogens (tertiary/aromatic N) is 3. The van der Waals surface area contributed by atoms with Gasteiger partial charge in [0.1, 0.15) is 24.7 Å². The minimum atomic E-state index is -1.10. The lowest BCUT2D eigenvalue weighted by molar-refractivity contribution is 0.00683. The second-order valence-electron chi connectivity index (χ2n) is 14.6. The fraction of sp³-hybridized carbons (Fsp3) is 0.529. The molecule has 8 nitrogen and oxygen atoms in total. The number of anilines is 1. The maximum absolute atomic E-state index is 12.8. The van der Waals surface area contributed by atoms with Crippen LogP contribution in [0.25, 0.3) is 22.3 Å². The van der Waals surface area contributed by atoms with Gasteiger partial charge >= 0.3 is 6.09 Å². The topological polar surface area (TPSA) is 77.9 Å². The maximum Gasteiger partial charge on any atom is 0.410 e. The molecule has 1 aromatic heterocycles. The number of carbonyl (C=O) groups excluding carboxylic acids is 1. The first kappa shape index (κ1) is 29.8. The number of rotatable bonds is 8. The standard InChI is InChI=1S/C34H46N4O4Si/c1-34(2,3)42-33(39)38-28-9-10-29(38)17-27(16-28)36-26-8-12-31-30-11-7-23(15-24(30)21-41-32(31)18-26)25-19-35-37(20-25)22-40-13-14-43(4,5)6/h7-8,11-12,15,18-20,27-29,36H,9-10,13-14,16-17,21-22H2,1-6H3. The van der Waals surface area contributed by atoms with E-state index in [9.17, 15) is 4.79 Å². The van der Waals surface area contributed by atoms with Gasteiger partial charge in [-0.2, -0.15) is 5.10 Å². The third-order valence-electron chi connectivity index (χ3n) is 8.65. The second-order valence-corrected chi connectivity index (χ2v) is 20.2. The lowest BCUT2D eigenvalue weighted by atomic mass is 9.93. The average Bonchev–Trinajstić information content (AvgIpc) is 3.51. The van der Waals surface area contributed by atoms with Crippen molar-refractivity contribution in [3.05, 3.63) is 54.4 Å². The van der Waals surface area contributed by atoms with Crippen molar-refractivity contribution in [2.75, 3.05) is 11.9 Å². The highest BCUT2D eigenvalue weighted by Crippen LogP contribution is 2.42. The van der Waals surface area contributed by atoms with E-state index in [0.717, 1.165) is 66.5 Å². The zero-order valence-corrected chi connectivity index (χ0v) is 27.5. The molecule has 2 saturated heterocycles. The van der Waals surface area contributed by atoms with Gasteiger partial charge in [-0.3, -0.25) is 0 Å². The molecule has 9 heteroatoms. The van der Waals surface area contributed by atoms with Gasteiger partial charge in [0.15, 0.2) is 0 Å². The fourth-order valence-corrected chi connectivity index (χ4v) is 7.28. The van der Waals surface area contributed by atoms with Crippen LogP contribution >= 0.6 is 0 Å². The molecule has 1 N–H and O–H groups in total. The molecule has 2 fully saturated rings. The highest BCUT2D eigenvalue weighted by molar-refractivity contribution is 6.76. The number of aromatic nitrogens is 2. The number of amides is 1. The second kappa shape index (κ2) is 11.7. The Morgan fingerprint density at radius 3 is 2.51 bits per heavy atom. The van der Waals surface area contributed by atoms with Crippen LogP contribution < -0.4 is 10.1 Å². The lowest BCUT2D eigenvalue weighted by Gasteiger charge is -2.40. The highest BCUT2D eigenvalue weighted by Gasteiger charge is 2.44. The summed E-state index contributed by atoms with van der Waals surface area (Å²) < 4.78 is 19.7. The smallest absolute Gasteiger partial charge is 0.410 e. The van der Waals surface area contributed by atoms with Crippen LogP contribution in [-0.4, -0.2) is 59.2 Å². The Bertz CT molecular complexity index is 1460. The van der Waals surface area contributed by atoms with Crippen LogP contribution in [0.15, 0.2) is 48.8 Å². The van der Waals surface area contributed by atoms with E-state index in [2.05, 4.69) is 72.7 Å². The van der Waals surface area contributed by atoms with Crippen molar-refractivity contribution in [1.82, 2.24) is 14.7 Å². The molecule has 43 heavy (non-hydrogen) atoms. The molecule has 3 aromatic rings. The van der Waals surface area contributed by atoms with Crippen molar-refractivity contribution in [3.63, 3.8) is 0 Å². The Balaban J connectivity index is 1.08. The van der Waals surface area contributed by atoms with Gasteiger partial charge in [-0.25, -0.2) is 9.48 Å². The number of piperidine rings is 1. The molecule has 0 radical (unpaired) electrons. The van der Waals surface area contributed by atoms with Crippen molar-refractivity contribution in [2.24, 2.45) is 0 Å². The predicted octanol–water partition coefficient (Wildman–Crippen LogP) is 7.76. The van der Waals surface area contributed by atoms with Gasteiger partial charge in [0.25, 0.3) is 0 Å². The summed E-state index contributed by atoms with van der Waals surface area (Å²) in [6.45, 7) is 14.7. The van der Waals surface area contributed by atoms with E-state index in [4.69, 9.17) is 14.2 Å². The first-order chi connectivity index (χ1) is 20.4. The summed E-state index contributed by atoms with van der Waals surface area (Å²) in [6.07, 6.45) is 7.74. The number of ether oxygens (including phenoxy) is 3. The number of carbonyl (C=O) groups is 1. The lowest BCUT2D eigenvalue weighted by Crippen LogP contribution is -2.51. The largest absolute Gasteiger partial charge is 0.488 e. The molecule has 0 spiro atoms. The first-order valence-corrected chi connectivity index (χ1v) is 19.4. The van der Waals surface area contributed by atoms with Gasteiger partial charge in [0.05, 0.1) is 6.20 Å². The molecule has 4 heterocycles. The molecule has 2 unspecified atom stereocenters. The number of hydrogen-bond donors (Lipinski definition) is 1. The van der Waals surface area contributed by atoms with Crippen LogP contribution in [-0.2, 0) is 22.8 Å². The van der Waals surface area contributed by atoms with Gasteiger partial charge in [-0.1, -0.05) is 31.8 Å². The summed E-state index contributed by atoms with van der Waals surface area (Å²) in [5, 5.41) is 8.26. The number of fused-ring (bicyclic) bond motifs is 5. The molecule has 3 aliphatic heterocycles. The fourth-order valence-electron chi connectivity index (χ4n) is 6.53. The molecule has 0 saturated carbocycles. The minimum Gasteiger partial charge on any atom is -0.488 e. The van der Waals surface area contributed by atoms with Crippen LogP contribution in [0.3, 0.4) is 0 Å². The molecule has 1 amide bonds. The Morgan fingerprint density at radius 2 is 1.79 bits per heavy atom. The SMILES string of the molecule is CC(C)(C)OC(=O)N1C2CCC1CC(Nc1ccc3c(c1)OCc1cc(-c4cnn(COCC[Si](C)(C)C)c4)ccc1-3)C2. The number of hydrogen-bond acceptors (Lipinski definition) is 6. The molecule has 2 atom stereocenters. The predicted molar refractivity (Wildman–Crippen MR) is 173 cm³/mol. The Hall–Kier alpha value is -3.30. The normalized spacial score (nSPS) is 21.2. The monoisotopic (exact) mass is 602 g/mol. The molecular weight excluding hydrogens is 556 g/mol. The Kier molecular flexibility index (Phi) is 8.06. The summed E-state index contributed by atoms with van der Waals surface area (Å²) in [6, 6.07) is 15.0. The molecule has 2 aromatic carbocycles. The van der Waals surface area contributed by atoms with Crippen LogP contribution in [0.5, 0.6) is 5.75 Å². The van der Waals surface area contributed by atoms with Gasteiger partial charge in [-0.15, -0.1) is 0 Å². The summed E-state index contributed by atoms with van der Waals surface area (Å²) >= 11 is 0. The van der Waals surface area contributed by atoms with Gasteiger partial charge in [0.2, 0.25) is 0 Å². The average molecular weight is 603 g/mol. The van der Waals surface area contributed by atoms with E-state index >= 15 is 0 Å². The van der Waals surface area contributed by atoms with E-state index < -0.39 is 13.7 Å². The van der Waals surface area contributed by atoms with Gasteiger partial charge in [-0.05, 0) is 87.4 Å². The molecule has 0 aliphatic carbocycles. The van der Waals surface area contributed by atoms with Crippen molar-refractivity contribution >= 4 is 19.9 Å². The summed E-state index contributed by atoms with van der Waals surface area (Å²) in [7, 11) is -1.10. The molecule has 230 valence electrons. The van der Waals surface area contributed by atoms with Crippen molar-refractivity contribution < 1.29 is 19.0 Å². The molecule has 2 bridgehead atoms. The third kappa shape index (κ3) is 6.93. The van der Waals surface area contributed by atoms with E-state index in [1.54, 1.807) is 0 Å². The van der Waals surface area contributed by atoms with Crippen molar-refractivity contribution in [2.45, 2.75) is 109 Å². The number of nitrogens with one attached hydrogen (secondary N) is 1. The van der Waals surface area contributed by atoms with Crippen LogP contribution in [0.1, 0.15) is 52.0 Å². The maximum atomic E-state index is 12.8. The molecular formula is C34H46N4O4Si.